The van der Waals surface area contributed by atoms with Gasteiger partial charge in [0.1, 0.15) is 12.2 Å². The minimum absolute atomic E-state index is 0.0117. The first-order valence-corrected chi connectivity index (χ1v) is 7.69. The standard InChI is InChI=1S/C14H18FN5O5/c1-5(2)11(23)18-14-17-10-8(12(24)19-14)16-4-20(10)13-9(22)7(15)6(3-21)25-13/h4-7,9,13,21-22H,3H2,1-2H3,(H2,17,18,19,23,24)/t6-,7-,9-,13-/m1/s1. The van der Waals surface area contributed by atoms with Crippen molar-refractivity contribution < 1.29 is 24.1 Å². The first-order chi connectivity index (χ1) is 11.8. The molecular weight excluding hydrogens is 337 g/mol. The van der Waals surface area contributed by atoms with Gasteiger partial charge in [-0.3, -0.25) is 24.5 Å². The van der Waals surface area contributed by atoms with Crippen LogP contribution in [0.25, 0.3) is 11.2 Å². The third-order valence-corrected chi connectivity index (χ3v) is 3.94. The van der Waals surface area contributed by atoms with Crippen molar-refractivity contribution in [2.24, 2.45) is 5.92 Å². The van der Waals surface area contributed by atoms with E-state index in [-0.39, 0.29) is 28.9 Å². The summed E-state index contributed by atoms with van der Waals surface area (Å²) in [6.07, 6.45) is -4.58. The minimum atomic E-state index is -1.80. The highest BCUT2D eigenvalue weighted by atomic mass is 19.1. The van der Waals surface area contributed by atoms with E-state index < -0.39 is 36.8 Å². The fourth-order valence-corrected chi connectivity index (χ4v) is 2.52. The maximum atomic E-state index is 13.9. The van der Waals surface area contributed by atoms with E-state index in [4.69, 9.17) is 9.84 Å². The zero-order chi connectivity index (χ0) is 18.3. The first-order valence-electron chi connectivity index (χ1n) is 7.69. The zero-order valence-corrected chi connectivity index (χ0v) is 13.5. The summed E-state index contributed by atoms with van der Waals surface area (Å²) >= 11 is 0. The number of aliphatic hydroxyl groups excluding tert-OH is 2. The molecule has 1 fully saturated rings. The molecule has 4 atom stereocenters. The monoisotopic (exact) mass is 355 g/mol. The number of aliphatic hydroxyl groups is 2. The van der Waals surface area contributed by atoms with Gasteiger partial charge in [-0.1, -0.05) is 13.8 Å². The summed E-state index contributed by atoms with van der Waals surface area (Å²) in [5.41, 5.74) is -0.648. The molecule has 11 heteroatoms. The summed E-state index contributed by atoms with van der Waals surface area (Å²) in [5.74, 6) is -0.778. The average Bonchev–Trinajstić information content (AvgIpc) is 3.10. The van der Waals surface area contributed by atoms with Crippen molar-refractivity contribution in [1.82, 2.24) is 19.5 Å². The molecule has 1 aliphatic rings. The molecule has 2 aromatic heterocycles. The summed E-state index contributed by atoms with van der Waals surface area (Å²) < 4.78 is 20.4. The second-order valence-corrected chi connectivity index (χ2v) is 6.07. The van der Waals surface area contributed by atoms with Crippen LogP contribution in [0.15, 0.2) is 11.1 Å². The van der Waals surface area contributed by atoms with Crippen LogP contribution in [-0.2, 0) is 9.53 Å². The van der Waals surface area contributed by atoms with Crippen molar-refractivity contribution in [3.05, 3.63) is 16.7 Å². The summed E-state index contributed by atoms with van der Waals surface area (Å²) in [5, 5.41) is 21.6. The Morgan fingerprint density at radius 2 is 2.28 bits per heavy atom. The van der Waals surface area contributed by atoms with Crippen LogP contribution in [-0.4, -0.2) is 60.6 Å². The maximum Gasteiger partial charge on any atom is 0.280 e. The van der Waals surface area contributed by atoms with Crippen LogP contribution in [0.4, 0.5) is 10.3 Å². The Balaban J connectivity index is 2.01. The maximum absolute atomic E-state index is 13.9. The number of hydrogen-bond donors (Lipinski definition) is 4. The third-order valence-electron chi connectivity index (χ3n) is 3.94. The van der Waals surface area contributed by atoms with Crippen molar-refractivity contribution in [2.75, 3.05) is 11.9 Å². The molecule has 1 saturated heterocycles. The van der Waals surface area contributed by atoms with Crippen LogP contribution in [0.2, 0.25) is 0 Å². The number of carbonyl (C=O) groups is 1. The minimum Gasteiger partial charge on any atom is -0.394 e. The van der Waals surface area contributed by atoms with Gasteiger partial charge in [0.25, 0.3) is 5.56 Å². The van der Waals surface area contributed by atoms with Crippen molar-refractivity contribution in [3.8, 4) is 0 Å². The van der Waals surface area contributed by atoms with E-state index in [9.17, 15) is 19.1 Å². The summed E-state index contributed by atoms with van der Waals surface area (Å²) in [6.45, 7) is 2.75. The van der Waals surface area contributed by atoms with Gasteiger partial charge in [0.05, 0.1) is 12.9 Å². The number of carbonyl (C=O) groups excluding carboxylic acids is 1. The summed E-state index contributed by atoms with van der Waals surface area (Å²) in [4.78, 5) is 34.3. The van der Waals surface area contributed by atoms with Crippen LogP contribution in [0.3, 0.4) is 0 Å². The van der Waals surface area contributed by atoms with Gasteiger partial charge < -0.3 is 14.9 Å². The summed E-state index contributed by atoms with van der Waals surface area (Å²) in [7, 11) is 0. The van der Waals surface area contributed by atoms with Crippen LogP contribution in [0.1, 0.15) is 20.1 Å². The van der Waals surface area contributed by atoms with E-state index in [1.165, 1.54) is 10.9 Å². The number of aromatic nitrogens is 4. The number of nitrogens with one attached hydrogen (secondary N) is 2. The SMILES string of the molecule is CC(C)C(=O)Nc1nc2c(ncn2[C@@H]2O[C@H](CO)[C@@H](F)[C@H]2O)c(=O)[nH]1. The van der Waals surface area contributed by atoms with Gasteiger partial charge in [0, 0.05) is 5.92 Å². The van der Waals surface area contributed by atoms with Crippen LogP contribution in [0, 0.1) is 5.92 Å². The molecular formula is C14H18FN5O5. The van der Waals surface area contributed by atoms with Crippen molar-refractivity contribution in [1.29, 1.82) is 0 Å². The Morgan fingerprint density at radius 1 is 1.56 bits per heavy atom. The lowest BCUT2D eigenvalue weighted by molar-refractivity contribution is -0.118. The highest BCUT2D eigenvalue weighted by Gasteiger charge is 2.45. The van der Waals surface area contributed by atoms with Crippen molar-refractivity contribution in [2.45, 2.75) is 38.5 Å². The number of hydrogen-bond acceptors (Lipinski definition) is 7. The number of halogens is 1. The Bertz CT molecular complexity index is 850. The lowest BCUT2D eigenvalue weighted by Crippen LogP contribution is -2.29. The number of alkyl halides is 1. The second-order valence-electron chi connectivity index (χ2n) is 6.07. The molecule has 0 aromatic carbocycles. The molecule has 3 heterocycles. The molecule has 0 aliphatic carbocycles. The van der Waals surface area contributed by atoms with Crippen LogP contribution < -0.4 is 10.9 Å². The van der Waals surface area contributed by atoms with E-state index >= 15 is 0 Å². The van der Waals surface area contributed by atoms with Crippen molar-refractivity contribution in [3.63, 3.8) is 0 Å². The molecule has 10 nitrogen and oxygen atoms in total. The van der Waals surface area contributed by atoms with Crippen LogP contribution >= 0.6 is 0 Å². The average molecular weight is 355 g/mol. The van der Waals surface area contributed by atoms with E-state index in [2.05, 4.69) is 20.3 Å². The zero-order valence-electron chi connectivity index (χ0n) is 13.5. The number of fused-ring (bicyclic) bond motifs is 1. The topological polar surface area (TPSA) is 142 Å². The lowest BCUT2D eigenvalue weighted by atomic mass is 10.1. The first kappa shape index (κ1) is 17.5. The predicted molar refractivity (Wildman–Crippen MR) is 83.5 cm³/mol. The normalized spacial score (nSPS) is 26.5. The Morgan fingerprint density at radius 3 is 2.88 bits per heavy atom. The number of anilines is 1. The van der Waals surface area contributed by atoms with E-state index in [1.807, 2.05) is 0 Å². The van der Waals surface area contributed by atoms with Gasteiger partial charge in [-0.2, -0.15) is 4.98 Å². The smallest absolute Gasteiger partial charge is 0.280 e. The Labute approximate surface area is 140 Å². The molecule has 1 aliphatic heterocycles. The van der Waals surface area contributed by atoms with Gasteiger partial charge >= 0.3 is 0 Å². The van der Waals surface area contributed by atoms with Crippen LogP contribution in [0.5, 0.6) is 0 Å². The van der Waals surface area contributed by atoms with Gasteiger partial charge in [-0.15, -0.1) is 0 Å². The molecule has 2 aromatic rings. The Kier molecular flexibility index (Phi) is 4.54. The number of rotatable bonds is 4. The molecule has 1 amide bonds. The van der Waals surface area contributed by atoms with E-state index in [0.717, 1.165) is 0 Å². The van der Waals surface area contributed by atoms with E-state index in [1.54, 1.807) is 13.8 Å². The van der Waals surface area contributed by atoms with Gasteiger partial charge in [-0.25, -0.2) is 9.37 Å². The molecule has 3 rings (SSSR count). The fraction of sp³-hybridized carbons (Fsp3) is 0.571. The van der Waals surface area contributed by atoms with E-state index in [0.29, 0.717) is 0 Å². The number of H-pyrrole nitrogens is 1. The molecule has 136 valence electrons. The van der Waals surface area contributed by atoms with Gasteiger partial charge in [0.2, 0.25) is 11.9 Å². The summed E-state index contributed by atoms with van der Waals surface area (Å²) in [6, 6.07) is 0. The molecule has 4 N–H and O–H groups in total. The molecule has 0 radical (unpaired) electrons. The number of ether oxygens (including phenoxy) is 1. The second kappa shape index (κ2) is 6.50. The highest BCUT2D eigenvalue weighted by molar-refractivity contribution is 5.91. The Hall–Kier alpha value is -2.37. The fourth-order valence-electron chi connectivity index (χ4n) is 2.52. The highest BCUT2D eigenvalue weighted by Crippen LogP contribution is 2.32. The third kappa shape index (κ3) is 3.01. The number of aromatic amines is 1. The molecule has 0 saturated carbocycles. The molecule has 0 spiro atoms. The quantitative estimate of drug-likeness (QED) is 0.568. The number of amides is 1. The largest absolute Gasteiger partial charge is 0.394 e. The van der Waals surface area contributed by atoms with Crippen molar-refractivity contribution >= 4 is 23.0 Å². The lowest BCUT2D eigenvalue weighted by Gasteiger charge is -2.16. The van der Waals surface area contributed by atoms with Gasteiger partial charge in [0.15, 0.2) is 23.6 Å². The molecule has 0 bridgehead atoms. The molecule has 0 unspecified atom stereocenters. The number of imidazole rings is 1. The predicted octanol–water partition coefficient (Wildman–Crippen LogP) is -0.697. The number of nitrogens with zero attached hydrogens (tertiary/aromatic N) is 3. The van der Waals surface area contributed by atoms with Gasteiger partial charge in [-0.05, 0) is 0 Å². The molecule has 25 heavy (non-hydrogen) atoms.